The Kier molecular flexibility index (Phi) is 5.07. The van der Waals surface area contributed by atoms with Gasteiger partial charge in [-0.3, -0.25) is 9.69 Å². The van der Waals surface area contributed by atoms with Crippen LogP contribution in [0.5, 0.6) is 5.75 Å². The van der Waals surface area contributed by atoms with Crippen molar-refractivity contribution in [3.8, 4) is 5.75 Å². The Balaban J connectivity index is 1.75. The maximum Gasteiger partial charge on any atom is 0.303 e. The van der Waals surface area contributed by atoms with Gasteiger partial charge in [0.1, 0.15) is 18.5 Å². The van der Waals surface area contributed by atoms with Crippen molar-refractivity contribution >= 4 is 5.97 Å². The van der Waals surface area contributed by atoms with Crippen LogP contribution in [-0.2, 0) is 10.2 Å². The van der Waals surface area contributed by atoms with Gasteiger partial charge in [0.05, 0.1) is 6.04 Å². The Hall–Kier alpha value is -1.59. The first-order valence-electron chi connectivity index (χ1n) is 9.17. The summed E-state index contributed by atoms with van der Waals surface area (Å²) in [6, 6.07) is 5.98. The van der Waals surface area contributed by atoms with Gasteiger partial charge in [0.15, 0.2) is 0 Å². The van der Waals surface area contributed by atoms with Crippen LogP contribution in [0.1, 0.15) is 57.3 Å². The molecule has 5 nitrogen and oxygen atoms in total. The topological polar surface area (TPSA) is 70.0 Å². The van der Waals surface area contributed by atoms with Gasteiger partial charge in [-0.15, -0.1) is 0 Å². The van der Waals surface area contributed by atoms with Crippen molar-refractivity contribution in [2.75, 3.05) is 19.7 Å². The molecule has 3 rings (SSSR count). The highest BCUT2D eigenvalue weighted by Gasteiger charge is 2.36. The Bertz CT molecular complexity index is 637. The number of fused-ring (bicyclic) bond motifs is 1. The zero-order valence-electron chi connectivity index (χ0n) is 15.4. The molecule has 1 aromatic carbocycles. The average Bonchev–Trinajstić information content (AvgIpc) is 2.53. The lowest BCUT2D eigenvalue weighted by atomic mass is 9.84. The molecule has 1 aromatic rings. The first-order chi connectivity index (χ1) is 11.8. The Labute approximate surface area is 149 Å². The van der Waals surface area contributed by atoms with Crippen LogP contribution in [0.2, 0.25) is 0 Å². The number of aliphatic hydroxyl groups is 1. The predicted molar refractivity (Wildman–Crippen MR) is 95.9 cm³/mol. The molecular weight excluding hydrogens is 318 g/mol. The van der Waals surface area contributed by atoms with Crippen molar-refractivity contribution in [2.24, 2.45) is 5.92 Å². The number of rotatable bonds is 3. The number of carboxylic acid groups (broad SMARTS) is 1. The van der Waals surface area contributed by atoms with E-state index in [1.807, 2.05) is 12.1 Å². The van der Waals surface area contributed by atoms with Crippen LogP contribution in [0.15, 0.2) is 18.2 Å². The van der Waals surface area contributed by atoms with Gasteiger partial charge in [-0.05, 0) is 42.3 Å². The highest BCUT2D eigenvalue weighted by Crippen LogP contribution is 2.38. The number of hydrogen-bond donors (Lipinski definition) is 2. The summed E-state index contributed by atoms with van der Waals surface area (Å²) < 4.78 is 5.99. The quantitative estimate of drug-likeness (QED) is 0.880. The smallest absolute Gasteiger partial charge is 0.303 e. The third kappa shape index (κ3) is 3.98. The van der Waals surface area contributed by atoms with Crippen LogP contribution in [-0.4, -0.2) is 46.8 Å². The summed E-state index contributed by atoms with van der Waals surface area (Å²) in [6.07, 6.45) is 1.52. The number of likely N-dealkylation sites (tertiary alicyclic amines) is 1. The molecular formula is C20H29NO4. The molecule has 1 unspecified atom stereocenters. The SMILES string of the molecule is CC(C)(C)c1ccc2c(c1)OC[C@@H](N1CCCC(CC(=O)O)C1)[C@H]2O. The minimum atomic E-state index is -0.743. The second kappa shape index (κ2) is 6.96. The van der Waals surface area contributed by atoms with Gasteiger partial charge in [0.2, 0.25) is 0 Å². The molecule has 2 aliphatic heterocycles. The summed E-state index contributed by atoms with van der Waals surface area (Å²) >= 11 is 0. The Morgan fingerprint density at radius 1 is 1.36 bits per heavy atom. The van der Waals surface area contributed by atoms with Gasteiger partial charge in [0, 0.05) is 18.5 Å². The summed E-state index contributed by atoms with van der Waals surface area (Å²) in [6.45, 7) is 8.53. The average molecular weight is 347 g/mol. The number of ether oxygens (including phenoxy) is 1. The van der Waals surface area contributed by atoms with Gasteiger partial charge >= 0.3 is 5.97 Å². The van der Waals surface area contributed by atoms with E-state index >= 15 is 0 Å². The van der Waals surface area contributed by atoms with E-state index in [9.17, 15) is 9.90 Å². The van der Waals surface area contributed by atoms with Crippen molar-refractivity contribution in [3.63, 3.8) is 0 Å². The first kappa shape index (κ1) is 18.2. The van der Waals surface area contributed by atoms with E-state index in [4.69, 9.17) is 9.84 Å². The molecule has 3 atom stereocenters. The van der Waals surface area contributed by atoms with Crippen LogP contribution in [0.3, 0.4) is 0 Å². The maximum absolute atomic E-state index is 11.0. The largest absolute Gasteiger partial charge is 0.491 e. The van der Waals surface area contributed by atoms with Gasteiger partial charge in [-0.25, -0.2) is 0 Å². The normalized spacial score (nSPS) is 27.4. The zero-order valence-corrected chi connectivity index (χ0v) is 15.4. The maximum atomic E-state index is 11.0. The lowest BCUT2D eigenvalue weighted by Gasteiger charge is -2.42. The summed E-state index contributed by atoms with van der Waals surface area (Å²) in [5.74, 6) is 0.186. The molecule has 1 saturated heterocycles. The number of nitrogens with zero attached hydrogens (tertiary/aromatic N) is 1. The molecule has 0 amide bonds. The van der Waals surface area contributed by atoms with Gasteiger partial charge < -0.3 is 14.9 Å². The molecule has 1 fully saturated rings. The van der Waals surface area contributed by atoms with Gasteiger partial charge in [0.25, 0.3) is 0 Å². The lowest BCUT2D eigenvalue weighted by Crippen LogP contribution is -2.50. The molecule has 5 heteroatoms. The van der Waals surface area contributed by atoms with Crippen molar-refractivity contribution in [3.05, 3.63) is 29.3 Å². The first-order valence-corrected chi connectivity index (χ1v) is 9.17. The molecule has 138 valence electrons. The van der Waals surface area contributed by atoms with Crippen molar-refractivity contribution in [2.45, 2.75) is 57.6 Å². The standard InChI is InChI=1S/C20H29NO4/c1-20(2,3)14-6-7-15-17(10-14)25-12-16(19(15)24)21-8-4-5-13(11-21)9-18(22)23/h6-7,10,13,16,19,24H,4-5,8-9,11-12H2,1-3H3,(H,22,23)/t13?,16-,19+/m1/s1. The van der Waals surface area contributed by atoms with Gasteiger partial charge in [-0.2, -0.15) is 0 Å². The molecule has 2 heterocycles. The van der Waals surface area contributed by atoms with E-state index in [1.54, 1.807) is 0 Å². The third-order valence-electron chi connectivity index (χ3n) is 5.46. The number of hydrogen-bond acceptors (Lipinski definition) is 4. The van der Waals surface area contributed by atoms with E-state index in [0.29, 0.717) is 13.2 Å². The van der Waals surface area contributed by atoms with E-state index < -0.39 is 12.1 Å². The fraction of sp³-hybridized carbons (Fsp3) is 0.650. The minimum Gasteiger partial charge on any atom is -0.491 e. The van der Waals surface area contributed by atoms with E-state index in [1.165, 1.54) is 5.56 Å². The summed E-state index contributed by atoms with van der Waals surface area (Å²) in [7, 11) is 0. The molecule has 0 saturated carbocycles. The second-order valence-corrected chi connectivity index (χ2v) is 8.43. The van der Waals surface area contributed by atoms with Crippen LogP contribution in [0.4, 0.5) is 0 Å². The Morgan fingerprint density at radius 3 is 2.80 bits per heavy atom. The van der Waals surface area contributed by atoms with Crippen molar-refractivity contribution in [1.82, 2.24) is 4.90 Å². The molecule has 0 spiro atoms. The predicted octanol–water partition coefficient (Wildman–Crippen LogP) is 2.97. The monoisotopic (exact) mass is 347 g/mol. The lowest BCUT2D eigenvalue weighted by molar-refractivity contribution is -0.138. The van der Waals surface area contributed by atoms with E-state index in [0.717, 1.165) is 30.7 Å². The van der Waals surface area contributed by atoms with Gasteiger partial charge in [-0.1, -0.05) is 32.9 Å². The van der Waals surface area contributed by atoms with Crippen molar-refractivity contribution in [1.29, 1.82) is 0 Å². The van der Waals surface area contributed by atoms with Crippen LogP contribution in [0, 0.1) is 5.92 Å². The van der Waals surface area contributed by atoms with Crippen molar-refractivity contribution < 1.29 is 19.7 Å². The molecule has 25 heavy (non-hydrogen) atoms. The molecule has 0 aromatic heterocycles. The molecule has 0 radical (unpaired) electrons. The fourth-order valence-electron chi connectivity index (χ4n) is 3.96. The Morgan fingerprint density at radius 2 is 2.12 bits per heavy atom. The molecule has 2 N–H and O–H groups in total. The highest BCUT2D eigenvalue weighted by molar-refractivity contribution is 5.67. The summed E-state index contributed by atoms with van der Waals surface area (Å²) in [5, 5.41) is 19.9. The van der Waals surface area contributed by atoms with E-state index in [-0.39, 0.29) is 23.8 Å². The summed E-state index contributed by atoms with van der Waals surface area (Å²) in [4.78, 5) is 13.2. The molecule has 2 aliphatic rings. The fourth-order valence-corrected chi connectivity index (χ4v) is 3.96. The highest BCUT2D eigenvalue weighted by atomic mass is 16.5. The number of carbonyl (C=O) groups is 1. The number of piperidine rings is 1. The van der Waals surface area contributed by atoms with E-state index in [2.05, 4.69) is 31.7 Å². The number of benzene rings is 1. The van der Waals surface area contributed by atoms with Crippen LogP contribution >= 0.6 is 0 Å². The number of aliphatic carboxylic acids is 1. The second-order valence-electron chi connectivity index (χ2n) is 8.43. The van der Waals surface area contributed by atoms with Crippen LogP contribution < -0.4 is 4.74 Å². The number of aliphatic hydroxyl groups excluding tert-OH is 1. The summed E-state index contributed by atoms with van der Waals surface area (Å²) in [5.41, 5.74) is 2.07. The number of carboxylic acids is 1. The third-order valence-corrected chi connectivity index (χ3v) is 5.46. The van der Waals surface area contributed by atoms with Crippen LogP contribution in [0.25, 0.3) is 0 Å². The zero-order chi connectivity index (χ0) is 18.2. The molecule has 0 bridgehead atoms. The molecule has 0 aliphatic carbocycles. The minimum absolute atomic E-state index is 0.0388.